The van der Waals surface area contributed by atoms with Crippen LogP contribution >= 0.6 is 0 Å². The molecular formula is C15H20N4O3S. The fraction of sp³-hybridized carbons (Fsp3) is 0.467. The molecule has 3 heterocycles. The molecular weight excluding hydrogens is 316 g/mol. The Hall–Kier alpha value is -1.93. The number of pyridine rings is 1. The standard InChI is InChI=1S/C15H20N4O3S/c1-11-15(12(2)18(3)17-11)23(20,21)19-9-6-14(10-19)22-13-4-7-16-8-5-13/h4-5,7-8,14H,6,9-10H2,1-3H3/t14-/m1/s1. The molecule has 3 rings (SSSR count). The van der Waals surface area contributed by atoms with Crippen molar-refractivity contribution in [2.24, 2.45) is 7.05 Å². The second-order valence-electron chi connectivity index (χ2n) is 5.70. The summed E-state index contributed by atoms with van der Waals surface area (Å²) >= 11 is 0. The van der Waals surface area contributed by atoms with E-state index < -0.39 is 10.0 Å². The summed E-state index contributed by atoms with van der Waals surface area (Å²) in [5, 5.41) is 4.21. The molecule has 1 aliphatic rings. The molecule has 124 valence electrons. The summed E-state index contributed by atoms with van der Waals surface area (Å²) in [5.74, 6) is 0.706. The van der Waals surface area contributed by atoms with Crippen LogP contribution < -0.4 is 4.74 Å². The van der Waals surface area contributed by atoms with Crippen LogP contribution in [0.25, 0.3) is 0 Å². The van der Waals surface area contributed by atoms with Gasteiger partial charge in [-0.05, 0) is 32.4 Å². The zero-order valence-corrected chi connectivity index (χ0v) is 14.2. The van der Waals surface area contributed by atoms with Crippen molar-refractivity contribution in [3.63, 3.8) is 0 Å². The van der Waals surface area contributed by atoms with E-state index in [1.165, 1.54) is 4.31 Å². The topological polar surface area (TPSA) is 77.3 Å². The van der Waals surface area contributed by atoms with Crippen molar-refractivity contribution in [2.75, 3.05) is 13.1 Å². The van der Waals surface area contributed by atoms with Crippen LogP contribution in [0, 0.1) is 13.8 Å². The van der Waals surface area contributed by atoms with Crippen LogP contribution in [0.5, 0.6) is 5.75 Å². The number of aryl methyl sites for hydroxylation is 2. The molecule has 0 spiro atoms. The monoisotopic (exact) mass is 336 g/mol. The molecule has 0 aliphatic carbocycles. The van der Waals surface area contributed by atoms with Gasteiger partial charge >= 0.3 is 0 Å². The number of aromatic nitrogens is 3. The molecule has 0 aromatic carbocycles. The van der Waals surface area contributed by atoms with E-state index in [4.69, 9.17) is 4.74 Å². The summed E-state index contributed by atoms with van der Waals surface area (Å²) in [6.07, 6.45) is 3.83. The van der Waals surface area contributed by atoms with Crippen molar-refractivity contribution in [1.29, 1.82) is 0 Å². The van der Waals surface area contributed by atoms with Gasteiger partial charge in [0.2, 0.25) is 10.0 Å². The number of ether oxygens (including phenoxy) is 1. The summed E-state index contributed by atoms with van der Waals surface area (Å²) in [6, 6.07) is 3.54. The maximum Gasteiger partial charge on any atom is 0.246 e. The highest BCUT2D eigenvalue weighted by atomic mass is 32.2. The van der Waals surface area contributed by atoms with E-state index in [0.29, 0.717) is 41.5 Å². The van der Waals surface area contributed by atoms with Gasteiger partial charge in [0, 0.05) is 26.0 Å². The van der Waals surface area contributed by atoms with E-state index in [1.807, 2.05) is 0 Å². The Morgan fingerprint density at radius 3 is 2.57 bits per heavy atom. The Morgan fingerprint density at radius 2 is 1.96 bits per heavy atom. The molecule has 7 nitrogen and oxygen atoms in total. The van der Waals surface area contributed by atoms with Crippen molar-refractivity contribution in [3.05, 3.63) is 35.9 Å². The first kappa shape index (κ1) is 15.9. The van der Waals surface area contributed by atoms with Gasteiger partial charge in [-0.3, -0.25) is 9.67 Å². The molecule has 2 aromatic heterocycles. The lowest BCUT2D eigenvalue weighted by Crippen LogP contribution is -2.31. The summed E-state index contributed by atoms with van der Waals surface area (Å²) in [5.41, 5.74) is 1.18. The zero-order valence-electron chi connectivity index (χ0n) is 13.4. The van der Waals surface area contributed by atoms with Crippen LogP contribution in [0.1, 0.15) is 17.8 Å². The number of rotatable bonds is 4. The number of hydrogen-bond acceptors (Lipinski definition) is 5. The minimum absolute atomic E-state index is 0.149. The lowest BCUT2D eigenvalue weighted by Gasteiger charge is -2.17. The van der Waals surface area contributed by atoms with E-state index in [2.05, 4.69) is 10.1 Å². The minimum atomic E-state index is -3.55. The van der Waals surface area contributed by atoms with E-state index in [0.717, 1.165) is 0 Å². The molecule has 23 heavy (non-hydrogen) atoms. The molecule has 1 atom stereocenters. The van der Waals surface area contributed by atoms with E-state index in [1.54, 1.807) is 50.1 Å². The third-order valence-corrected chi connectivity index (χ3v) is 6.22. The first-order chi connectivity index (χ1) is 10.9. The first-order valence-corrected chi connectivity index (χ1v) is 8.90. The van der Waals surface area contributed by atoms with Gasteiger partial charge in [-0.15, -0.1) is 0 Å². The molecule has 0 radical (unpaired) electrons. The van der Waals surface area contributed by atoms with Crippen molar-refractivity contribution in [1.82, 2.24) is 19.1 Å². The van der Waals surface area contributed by atoms with Gasteiger partial charge in [0.05, 0.1) is 17.9 Å². The largest absolute Gasteiger partial charge is 0.489 e. The number of sulfonamides is 1. The predicted octanol–water partition coefficient (Wildman–Crippen LogP) is 1.27. The quantitative estimate of drug-likeness (QED) is 0.840. The highest BCUT2D eigenvalue weighted by molar-refractivity contribution is 7.89. The van der Waals surface area contributed by atoms with Gasteiger partial charge in [-0.2, -0.15) is 9.40 Å². The molecule has 0 unspecified atom stereocenters. The Balaban J connectivity index is 1.78. The summed E-state index contributed by atoms with van der Waals surface area (Å²) in [7, 11) is -1.80. The fourth-order valence-corrected chi connectivity index (χ4v) is 4.76. The molecule has 1 aliphatic heterocycles. The first-order valence-electron chi connectivity index (χ1n) is 7.46. The molecule has 0 saturated carbocycles. The van der Waals surface area contributed by atoms with Crippen molar-refractivity contribution < 1.29 is 13.2 Å². The predicted molar refractivity (Wildman–Crippen MR) is 84.7 cm³/mol. The SMILES string of the molecule is Cc1nn(C)c(C)c1S(=O)(=O)N1CC[C@@H](Oc2ccncc2)C1. The summed E-state index contributed by atoms with van der Waals surface area (Å²) in [6.45, 7) is 4.29. The van der Waals surface area contributed by atoms with Crippen LogP contribution in [0.15, 0.2) is 29.4 Å². The van der Waals surface area contributed by atoms with Gasteiger partial charge in [-0.25, -0.2) is 8.42 Å². The number of nitrogens with zero attached hydrogens (tertiary/aromatic N) is 4. The maximum atomic E-state index is 12.9. The fourth-order valence-electron chi connectivity index (χ4n) is 2.88. The Morgan fingerprint density at radius 1 is 1.26 bits per heavy atom. The van der Waals surface area contributed by atoms with Gasteiger partial charge in [-0.1, -0.05) is 0 Å². The van der Waals surface area contributed by atoms with Crippen LogP contribution in [0.4, 0.5) is 0 Å². The van der Waals surface area contributed by atoms with Gasteiger partial charge in [0.15, 0.2) is 0 Å². The van der Waals surface area contributed by atoms with Gasteiger partial charge < -0.3 is 4.74 Å². The number of hydrogen-bond donors (Lipinski definition) is 0. The average Bonchev–Trinajstić information content (AvgIpc) is 3.06. The van der Waals surface area contributed by atoms with Crippen molar-refractivity contribution in [2.45, 2.75) is 31.3 Å². The smallest absolute Gasteiger partial charge is 0.246 e. The molecule has 1 saturated heterocycles. The van der Waals surface area contributed by atoms with Crippen LogP contribution in [0.2, 0.25) is 0 Å². The van der Waals surface area contributed by atoms with Crippen molar-refractivity contribution in [3.8, 4) is 5.75 Å². The molecule has 0 N–H and O–H groups in total. The highest BCUT2D eigenvalue weighted by Crippen LogP contribution is 2.27. The highest BCUT2D eigenvalue weighted by Gasteiger charge is 2.36. The van der Waals surface area contributed by atoms with Gasteiger partial charge in [0.25, 0.3) is 0 Å². The Bertz CT molecular complexity index is 802. The summed E-state index contributed by atoms with van der Waals surface area (Å²) in [4.78, 5) is 4.25. The van der Waals surface area contributed by atoms with Crippen molar-refractivity contribution >= 4 is 10.0 Å². The van der Waals surface area contributed by atoms with E-state index in [-0.39, 0.29) is 6.10 Å². The van der Waals surface area contributed by atoms with Gasteiger partial charge in [0.1, 0.15) is 16.7 Å². The lowest BCUT2D eigenvalue weighted by atomic mass is 10.3. The van der Waals surface area contributed by atoms with Crippen LogP contribution in [-0.2, 0) is 17.1 Å². The lowest BCUT2D eigenvalue weighted by molar-refractivity contribution is 0.215. The van der Waals surface area contributed by atoms with E-state index in [9.17, 15) is 8.42 Å². The molecule has 2 aromatic rings. The molecule has 8 heteroatoms. The Labute approximate surface area is 135 Å². The van der Waals surface area contributed by atoms with Crippen LogP contribution in [0.3, 0.4) is 0 Å². The third kappa shape index (κ3) is 2.96. The third-order valence-electron chi connectivity index (χ3n) is 4.10. The maximum absolute atomic E-state index is 12.9. The Kier molecular flexibility index (Phi) is 4.11. The van der Waals surface area contributed by atoms with Crippen LogP contribution in [-0.4, -0.2) is 46.7 Å². The average molecular weight is 336 g/mol. The minimum Gasteiger partial charge on any atom is -0.489 e. The zero-order chi connectivity index (χ0) is 16.6. The molecule has 1 fully saturated rings. The summed E-state index contributed by atoms with van der Waals surface area (Å²) < 4.78 is 34.7. The van der Waals surface area contributed by atoms with E-state index >= 15 is 0 Å². The second-order valence-corrected chi connectivity index (χ2v) is 7.57. The molecule has 0 amide bonds. The molecule has 0 bridgehead atoms. The normalized spacial score (nSPS) is 19.2. The second kappa shape index (κ2) is 5.93.